The molecular weight excluding hydrogens is 246 g/mol. The zero-order valence-electron chi connectivity index (χ0n) is 4.97. The van der Waals surface area contributed by atoms with Gasteiger partial charge in [0.2, 0.25) is 0 Å². The van der Waals surface area contributed by atoms with E-state index in [1.54, 1.807) is 6.07 Å². The fourth-order valence-corrected chi connectivity index (χ4v) is 1.07. The predicted octanol–water partition coefficient (Wildman–Crippen LogP) is 2.24. The first kappa shape index (κ1) is 7.65. The Bertz CT molecular complexity index is 260. The standard InChI is InChI=1S/C7H4FIO/c8-6-1-2-7(9)5(3-6)4-10/h1-4H. The molecule has 0 radical (unpaired) electrons. The van der Waals surface area contributed by atoms with E-state index >= 15 is 0 Å². The second-order valence-electron chi connectivity index (χ2n) is 1.78. The van der Waals surface area contributed by atoms with Crippen LogP contribution in [0.2, 0.25) is 0 Å². The number of carbonyl (C=O) groups is 1. The molecule has 1 aromatic carbocycles. The molecule has 0 unspecified atom stereocenters. The molecule has 0 N–H and O–H groups in total. The summed E-state index contributed by atoms with van der Waals surface area (Å²) in [6.07, 6.45) is 0.644. The predicted molar refractivity (Wildman–Crippen MR) is 44.5 cm³/mol. The molecule has 1 nitrogen and oxygen atoms in total. The zero-order valence-corrected chi connectivity index (χ0v) is 7.13. The molecule has 0 saturated carbocycles. The van der Waals surface area contributed by atoms with Gasteiger partial charge in [0.15, 0.2) is 6.29 Å². The molecular formula is C7H4FIO. The minimum Gasteiger partial charge on any atom is -0.298 e. The molecule has 0 spiro atoms. The number of hydrogen-bond acceptors (Lipinski definition) is 1. The van der Waals surface area contributed by atoms with Gasteiger partial charge in [0, 0.05) is 9.13 Å². The molecule has 0 fully saturated rings. The second kappa shape index (κ2) is 3.09. The van der Waals surface area contributed by atoms with Gasteiger partial charge in [-0.3, -0.25) is 4.79 Å². The number of benzene rings is 1. The maximum absolute atomic E-state index is 12.4. The van der Waals surface area contributed by atoms with Gasteiger partial charge in [0.05, 0.1) is 0 Å². The van der Waals surface area contributed by atoms with Crippen LogP contribution in [0.5, 0.6) is 0 Å². The summed E-state index contributed by atoms with van der Waals surface area (Å²) in [5.74, 6) is -0.373. The van der Waals surface area contributed by atoms with Crippen molar-refractivity contribution in [2.24, 2.45) is 0 Å². The van der Waals surface area contributed by atoms with E-state index in [1.807, 2.05) is 22.6 Å². The molecule has 52 valence electrons. The van der Waals surface area contributed by atoms with E-state index in [9.17, 15) is 9.18 Å². The highest BCUT2D eigenvalue weighted by molar-refractivity contribution is 14.1. The number of hydrogen-bond donors (Lipinski definition) is 0. The molecule has 3 heteroatoms. The molecule has 1 rings (SSSR count). The number of aldehydes is 1. The van der Waals surface area contributed by atoms with E-state index in [1.165, 1.54) is 12.1 Å². The van der Waals surface area contributed by atoms with E-state index in [2.05, 4.69) is 0 Å². The highest BCUT2D eigenvalue weighted by atomic mass is 127. The van der Waals surface area contributed by atoms with Crippen molar-refractivity contribution in [3.05, 3.63) is 33.1 Å². The maximum atomic E-state index is 12.4. The van der Waals surface area contributed by atoms with Crippen LogP contribution in [0.15, 0.2) is 18.2 Å². The third-order valence-electron chi connectivity index (χ3n) is 1.09. The Morgan fingerprint density at radius 1 is 1.50 bits per heavy atom. The van der Waals surface area contributed by atoms with Gasteiger partial charge in [-0.05, 0) is 40.8 Å². The van der Waals surface area contributed by atoms with Gasteiger partial charge in [-0.1, -0.05) is 0 Å². The average Bonchev–Trinajstić information content (AvgIpc) is 1.94. The third kappa shape index (κ3) is 1.53. The second-order valence-corrected chi connectivity index (χ2v) is 2.95. The Morgan fingerprint density at radius 3 is 2.70 bits per heavy atom. The Balaban J connectivity index is 3.21. The lowest BCUT2D eigenvalue weighted by Gasteiger charge is -1.93. The largest absolute Gasteiger partial charge is 0.298 e. The van der Waals surface area contributed by atoms with Crippen molar-refractivity contribution in [2.75, 3.05) is 0 Å². The Morgan fingerprint density at radius 2 is 2.20 bits per heavy atom. The van der Waals surface area contributed by atoms with Gasteiger partial charge in [0.25, 0.3) is 0 Å². The highest BCUT2D eigenvalue weighted by Crippen LogP contribution is 2.10. The number of halogens is 2. The Labute approximate surface area is 71.4 Å². The van der Waals surface area contributed by atoms with Crippen molar-refractivity contribution < 1.29 is 9.18 Å². The first-order chi connectivity index (χ1) is 4.74. The minimum absolute atomic E-state index is 0.373. The van der Waals surface area contributed by atoms with Crippen LogP contribution in [0.3, 0.4) is 0 Å². The number of rotatable bonds is 1. The van der Waals surface area contributed by atoms with Gasteiger partial charge in [-0.2, -0.15) is 0 Å². The van der Waals surface area contributed by atoms with E-state index < -0.39 is 0 Å². The molecule has 0 amide bonds. The summed E-state index contributed by atoms with van der Waals surface area (Å²) < 4.78 is 13.1. The molecule has 0 atom stereocenters. The van der Waals surface area contributed by atoms with Crippen molar-refractivity contribution >= 4 is 28.9 Å². The fourth-order valence-electron chi connectivity index (χ4n) is 0.605. The van der Waals surface area contributed by atoms with Crippen molar-refractivity contribution in [1.29, 1.82) is 0 Å². The summed E-state index contributed by atoms with van der Waals surface area (Å²) in [5.41, 5.74) is 0.403. The average molecular weight is 250 g/mol. The summed E-state index contributed by atoms with van der Waals surface area (Å²) in [7, 11) is 0. The zero-order chi connectivity index (χ0) is 7.56. The van der Waals surface area contributed by atoms with E-state index in [0.29, 0.717) is 11.8 Å². The molecule has 1 aromatic rings. The lowest BCUT2D eigenvalue weighted by molar-refractivity contribution is 0.112. The molecule has 0 saturated heterocycles. The topological polar surface area (TPSA) is 17.1 Å². The summed E-state index contributed by atoms with van der Waals surface area (Å²) >= 11 is 1.98. The van der Waals surface area contributed by atoms with Crippen LogP contribution in [0.4, 0.5) is 4.39 Å². The lowest BCUT2D eigenvalue weighted by atomic mass is 10.2. The summed E-state index contributed by atoms with van der Waals surface area (Å²) in [6, 6.07) is 4.11. The minimum atomic E-state index is -0.373. The quantitative estimate of drug-likeness (QED) is 0.551. The van der Waals surface area contributed by atoms with Crippen molar-refractivity contribution in [3.8, 4) is 0 Å². The monoisotopic (exact) mass is 250 g/mol. The first-order valence-corrected chi connectivity index (χ1v) is 3.72. The molecule has 0 heterocycles. The summed E-state index contributed by atoms with van der Waals surface area (Å²) in [4.78, 5) is 10.2. The van der Waals surface area contributed by atoms with Crippen LogP contribution in [-0.4, -0.2) is 6.29 Å². The SMILES string of the molecule is O=Cc1cc(F)ccc1I. The van der Waals surface area contributed by atoms with Gasteiger partial charge < -0.3 is 0 Å². The van der Waals surface area contributed by atoms with Gasteiger partial charge in [-0.15, -0.1) is 0 Å². The van der Waals surface area contributed by atoms with Crippen LogP contribution in [0, 0.1) is 9.39 Å². The maximum Gasteiger partial charge on any atom is 0.151 e. The Kier molecular flexibility index (Phi) is 2.37. The van der Waals surface area contributed by atoms with Crippen molar-refractivity contribution in [3.63, 3.8) is 0 Å². The van der Waals surface area contributed by atoms with Crippen molar-refractivity contribution in [1.82, 2.24) is 0 Å². The van der Waals surface area contributed by atoms with Crippen molar-refractivity contribution in [2.45, 2.75) is 0 Å². The fraction of sp³-hybridized carbons (Fsp3) is 0. The van der Waals surface area contributed by atoms with E-state index in [4.69, 9.17) is 0 Å². The normalized spacial score (nSPS) is 9.40. The van der Waals surface area contributed by atoms with Crippen LogP contribution in [0.25, 0.3) is 0 Å². The molecule has 0 aromatic heterocycles. The molecule has 10 heavy (non-hydrogen) atoms. The summed E-state index contributed by atoms with van der Waals surface area (Å²) in [5, 5.41) is 0. The van der Waals surface area contributed by atoms with E-state index in [0.717, 1.165) is 3.57 Å². The van der Waals surface area contributed by atoms with Gasteiger partial charge in [-0.25, -0.2) is 4.39 Å². The van der Waals surface area contributed by atoms with E-state index in [-0.39, 0.29) is 5.82 Å². The Hall–Kier alpha value is -0.450. The van der Waals surface area contributed by atoms with Crippen LogP contribution < -0.4 is 0 Å². The number of carbonyl (C=O) groups excluding carboxylic acids is 1. The molecule has 0 bridgehead atoms. The molecule has 0 aliphatic rings. The smallest absolute Gasteiger partial charge is 0.151 e. The van der Waals surface area contributed by atoms with Crippen LogP contribution >= 0.6 is 22.6 Å². The molecule has 0 aliphatic carbocycles. The van der Waals surface area contributed by atoms with Gasteiger partial charge >= 0.3 is 0 Å². The highest BCUT2D eigenvalue weighted by Gasteiger charge is 1.97. The first-order valence-electron chi connectivity index (χ1n) is 2.64. The summed E-state index contributed by atoms with van der Waals surface area (Å²) in [6.45, 7) is 0. The molecule has 0 aliphatic heterocycles. The van der Waals surface area contributed by atoms with Crippen LogP contribution in [0.1, 0.15) is 10.4 Å². The lowest BCUT2D eigenvalue weighted by Crippen LogP contribution is -1.86. The van der Waals surface area contributed by atoms with Gasteiger partial charge in [0.1, 0.15) is 5.82 Å². The third-order valence-corrected chi connectivity index (χ3v) is 2.07. The van der Waals surface area contributed by atoms with Crippen LogP contribution in [-0.2, 0) is 0 Å².